The van der Waals surface area contributed by atoms with Crippen molar-refractivity contribution in [2.24, 2.45) is 11.3 Å². The third-order valence-corrected chi connectivity index (χ3v) is 11.6. The smallest absolute Gasteiger partial charge is 0.289 e. The van der Waals surface area contributed by atoms with Gasteiger partial charge in [0.05, 0.1) is 24.3 Å². The number of carbonyl (C=O) groups is 6. The van der Waals surface area contributed by atoms with E-state index in [1.807, 2.05) is 6.92 Å². The number of pyridine rings is 1. The number of ether oxygens (including phenoxy) is 1. The van der Waals surface area contributed by atoms with Crippen LogP contribution in [0.2, 0.25) is 0 Å². The second-order valence-corrected chi connectivity index (χ2v) is 17.6. The van der Waals surface area contributed by atoms with E-state index in [2.05, 4.69) is 36.2 Å². The number of Topliss-reactive ketones (excluding diaryl/α,β-unsaturated/α-hetero) is 1. The predicted octanol–water partition coefficient (Wildman–Crippen LogP) is 4.53. The van der Waals surface area contributed by atoms with Gasteiger partial charge in [-0.1, -0.05) is 59.4 Å². The monoisotopic (exact) mass is 846 g/mol. The molecule has 2 aromatic heterocycles. The molecule has 3 aromatic rings. The highest BCUT2D eigenvalue weighted by molar-refractivity contribution is 6.38. The Kier molecular flexibility index (Phi) is 14.0. The van der Waals surface area contributed by atoms with Crippen molar-refractivity contribution in [2.45, 2.75) is 141 Å². The van der Waals surface area contributed by atoms with E-state index in [0.717, 1.165) is 39.0 Å². The van der Waals surface area contributed by atoms with Crippen LogP contribution >= 0.6 is 0 Å². The molecule has 4 N–H and O–H groups in total. The first-order chi connectivity index (χ1) is 28.9. The summed E-state index contributed by atoms with van der Waals surface area (Å²) in [6.07, 6.45) is 11.0. The molecule has 2 saturated carbocycles. The number of likely N-dealkylation sites (tertiary alicyclic amines) is 1. The predicted molar refractivity (Wildman–Crippen MR) is 220 cm³/mol. The largest absolute Gasteiger partial charge is 0.488 e. The van der Waals surface area contributed by atoms with Crippen molar-refractivity contribution >= 4 is 46.2 Å². The van der Waals surface area contributed by atoms with Crippen LogP contribution in [0.3, 0.4) is 0 Å². The lowest BCUT2D eigenvalue weighted by Crippen LogP contribution is -2.62. The van der Waals surface area contributed by atoms with Crippen LogP contribution in [-0.4, -0.2) is 98.0 Å². The molecule has 5 amide bonds. The standard InChI is InChI=1S/C44H56F2N8O7/c1-6-10-30(36(55)41(59)50-27-14-15-27)51-39(57)33-22-28(61-34-17-18-48-31-21-26(44(5,45)46)13-16-29(31)34)24-54(33)42(60)37(43(2,3)4)53-40(58)35(25-11-8-7-9-12-25)52-38(56)32-23-47-19-20-49-32/h13,16-21,23,25,27-28,30,33,35,37H,6-12,14-15,22,24H2,1-5H3,(H,50,59)(H,51,57)(H,52,56)(H,53,58)/t28-,30+,33+,35+,37-/m1/s1. The van der Waals surface area contributed by atoms with Crippen molar-refractivity contribution < 1.29 is 42.3 Å². The van der Waals surface area contributed by atoms with E-state index in [9.17, 15) is 37.5 Å². The lowest BCUT2D eigenvalue weighted by molar-refractivity contribution is -0.145. The van der Waals surface area contributed by atoms with Crippen LogP contribution in [0.15, 0.2) is 49.1 Å². The van der Waals surface area contributed by atoms with Crippen molar-refractivity contribution in [3.63, 3.8) is 0 Å². The average molecular weight is 847 g/mol. The fourth-order valence-corrected chi connectivity index (χ4v) is 8.06. The minimum atomic E-state index is -3.10. The number of halogens is 2. The van der Waals surface area contributed by atoms with Crippen molar-refractivity contribution in [2.75, 3.05) is 6.54 Å². The molecular weight excluding hydrogens is 791 g/mol. The number of nitrogens with one attached hydrogen (secondary N) is 4. The van der Waals surface area contributed by atoms with E-state index >= 15 is 0 Å². The highest BCUT2D eigenvalue weighted by Gasteiger charge is 2.47. The maximum Gasteiger partial charge on any atom is 0.289 e. The molecule has 2 aliphatic carbocycles. The van der Waals surface area contributed by atoms with Crippen LogP contribution in [0.5, 0.6) is 5.75 Å². The minimum absolute atomic E-state index is 0.0344. The molecule has 15 nitrogen and oxygen atoms in total. The Morgan fingerprint density at radius 2 is 1.64 bits per heavy atom. The topological polar surface area (TPSA) is 202 Å². The molecule has 0 unspecified atom stereocenters. The summed E-state index contributed by atoms with van der Waals surface area (Å²) in [4.78, 5) is 96.8. The second-order valence-electron chi connectivity index (χ2n) is 17.6. The number of carbonyl (C=O) groups excluding carboxylic acids is 6. The SMILES string of the molecule is CCC[C@H](NC(=O)[C@@H]1C[C@@H](Oc2ccnc3cc(C(C)(F)F)ccc23)CN1C(=O)[C@@H](NC(=O)[C@@H](NC(=O)c1cnccn1)C1CCCCC1)C(C)(C)C)C(=O)C(=O)NC1CC1. The number of rotatable bonds is 16. The van der Waals surface area contributed by atoms with Crippen LogP contribution < -0.4 is 26.0 Å². The van der Waals surface area contributed by atoms with E-state index in [-0.39, 0.29) is 48.1 Å². The normalized spacial score (nSPS) is 20.0. The Morgan fingerprint density at radius 3 is 2.28 bits per heavy atom. The van der Waals surface area contributed by atoms with Gasteiger partial charge in [-0.05, 0) is 61.6 Å². The molecule has 61 heavy (non-hydrogen) atoms. The van der Waals surface area contributed by atoms with Gasteiger partial charge >= 0.3 is 0 Å². The molecule has 1 aliphatic heterocycles. The van der Waals surface area contributed by atoms with Crippen LogP contribution in [0.4, 0.5) is 8.78 Å². The molecule has 1 saturated heterocycles. The van der Waals surface area contributed by atoms with E-state index in [1.165, 1.54) is 47.9 Å². The van der Waals surface area contributed by atoms with Crippen molar-refractivity contribution in [3.8, 4) is 5.75 Å². The fraction of sp³-hybridized carbons (Fsp3) is 0.568. The Hall–Kier alpha value is -5.61. The molecule has 3 fully saturated rings. The molecule has 1 aromatic carbocycles. The number of aromatic nitrogens is 3. The van der Waals surface area contributed by atoms with E-state index in [0.29, 0.717) is 30.4 Å². The number of benzene rings is 1. The Bertz CT molecular complexity index is 2100. The Balaban J connectivity index is 1.29. The zero-order valence-electron chi connectivity index (χ0n) is 35.3. The highest BCUT2D eigenvalue weighted by Crippen LogP contribution is 2.35. The summed E-state index contributed by atoms with van der Waals surface area (Å²) in [6, 6.07) is 0.966. The fourth-order valence-electron chi connectivity index (χ4n) is 8.06. The number of hydrogen-bond donors (Lipinski definition) is 4. The van der Waals surface area contributed by atoms with Gasteiger partial charge in [0.25, 0.3) is 17.7 Å². The summed E-state index contributed by atoms with van der Waals surface area (Å²) in [6.45, 7) is 7.80. The molecule has 0 spiro atoms. The minimum Gasteiger partial charge on any atom is -0.488 e. The summed E-state index contributed by atoms with van der Waals surface area (Å²) in [5, 5.41) is 11.7. The summed E-state index contributed by atoms with van der Waals surface area (Å²) in [5.41, 5.74) is -0.847. The number of amides is 5. The zero-order valence-corrected chi connectivity index (χ0v) is 35.3. The maximum absolute atomic E-state index is 15.0. The quantitative estimate of drug-likeness (QED) is 0.149. The summed E-state index contributed by atoms with van der Waals surface area (Å²) in [5.74, 6) is -7.04. The molecule has 5 atom stereocenters. The number of ketones is 1. The van der Waals surface area contributed by atoms with Gasteiger partial charge < -0.3 is 30.9 Å². The first kappa shape index (κ1) is 44.9. The Morgan fingerprint density at radius 1 is 0.902 bits per heavy atom. The number of nitrogens with zero attached hydrogens (tertiary/aromatic N) is 4. The van der Waals surface area contributed by atoms with Gasteiger partial charge in [-0.2, -0.15) is 0 Å². The van der Waals surface area contributed by atoms with Crippen LogP contribution in [0, 0.1) is 11.3 Å². The van der Waals surface area contributed by atoms with Gasteiger partial charge in [-0.15, -0.1) is 0 Å². The molecule has 6 rings (SSSR count). The van der Waals surface area contributed by atoms with Crippen LogP contribution in [0.25, 0.3) is 10.9 Å². The average Bonchev–Trinajstić information content (AvgIpc) is 3.95. The van der Waals surface area contributed by atoms with Crippen molar-refractivity contribution in [1.29, 1.82) is 0 Å². The molecule has 328 valence electrons. The van der Waals surface area contributed by atoms with Crippen molar-refractivity contribution in [3.05, 3.63) is 60.3 Å². The number of hydrogen-bond acceptors (Lipinski definition) is 10. The Labute approximate surface area is 353 Å². The van der Waals surface area contributed by atoms with Gasteiger partial charge in [0.2, 0.25) is 23.5 Å². The summed E-state index contributed by atoms with van der Waals surface area (Å²) in [7, 11) is 0. The molecule has 3 heterocycles. The van der Waals surface area contributed by atoms with Crippen molar-refractivity contribution in [1.82, 2.24) is 41.1 Å². The van der Waals surface area contributed by atoms with Gasteiger partial charge in [0.1, 0.15) is 35.7 Å². The summed E-state index contributed by atoms with van der Waals surface area (Å²) < 4.78 is 34.8. The molecule has 17 heteroatoms. The lowest BCUT2D eigenvalue weighted by Gasteiger charge is -2.37. The first-order valence-corrected chi connectivity index (χ1v) is 21.2. The molecule has 3 aliphatic rings. The van der Waals surface area contributed by atoms with Gasteiger partial charge in [-0.25, -0.2) is 13.8 Å². The summed E-state index contributed by atoms with van der Waals surface area (Å²) >= 11 is 0. The lowest BCUT2D eigenvalue weighted by atomic mass is 9.82. The highest BCUT2D eigenvalue weighted by atomic mass is 19.3. The number of fused-ring (bicyclic) bond motifs is 1. The first-order valence-electron chi connectivity index (χ1n) is 21.2. The maximum atomic E-state index is 15.0. The van der Waals surface area contributed by atoms with E-state index in [4.69, 9.17) is 4.74 Å². The van der Waals surface area contributed by atoms with Gasteiger partial charge in [0, 0.05) is 48.9 Å². The third-order valence-electron chi connectivity index (χ3n) is 11.6. The molecule has 0 radical (unpaired) electrons. The number of alkyl halides is 2. The van der Waals surface area contributed by atoms with Gasteiger partial charge in [-0.3, -0.25) is 38.7 Å². The molecule has 0 bridgehead atoms. The van der Waals surface area contributed by atoms with E-state index in [1.54, 1.807) is 26.8 Å². The van der Waals surface area contributed by atoms with Crippen LogP contribution in [-0.2, 0) is 29.9 Å². The molecular formula is C44H56F2N8O7. The second kappa shape index (κ2) is 19.0. The van der Waals surface area contributed by atoms with E-state index < -0.39 is 76.9 Å². The van der Waals surface area contributed by atoms with Gasteiger partial charge in [0.15, 0.2) is 0 Å². The zero-order chi connectivity index (χ0) is 44.1. The van der Waals surface area contributed by atoms with Crippen LogP contribution in [0.1, 0.15) is 115 Å². The third kappa shape index (κ3) is 11.2.